The number of ether oxygens (including phenoxy) is 1. The Kier molecular flexibility index (Phi) is 6.76. The summed E-state index contributed by atoms with van der Waals surface area (Å²) >= 11 is 0. The van der Waals surface area contributed by atoms with E-state index in [1.54, 1.807) is 0 Å². The second-order valence-electron chi connectivity index (χ2n) is 5.94. The molecule has 6 nitrogen and oxygen atoms in total. The minimum Gasteiger partial charge on any atom is -0.464 e. The predicted octanol–water partition coefficient (Wildman–Crippen LogP) is 4.13. The van der Waals surface area contributed by atoms with E-state index in [4.69, 9.17) is 0 Å². The van der Waals surface area contributed by atoms with Crippen LogP contribution in [0.1, 0.15) is 21.0 Å². The molecule has 1 aromatic heterocycles. The van der Waals surface area contributed by atoms with Crippen LogP contribution in [0.4, 0.5) is 52.7 Å². The van der Waals surface area contributed by atoms with Gasteiger partial charge in [-0.2, -0.15) is 35.1 Å². The summed E-state index contributed by atoms with van der Waals surface area (Å²) in [5.74, 6) is -34.9. The van der Waals surface area contributed by atoms with E-state index < -0.39 is 64.2 Å². The second kappa shape index (κ2) is 7.95. The topological polar surface area (TPSA) is 68.4 Å². The lowest BCUT2D eigenvalue weighted by Gasteiger charge is -2.35. The molecule has 1 rings (SSSR count). The van der Waals surface area contributed by atoms with E-state index in [9.17, 15) is 67.2 Å². The van der Waals surface area contributed by atoms with Crippen LogP contribution in [0.2, 0.25) is 0 Å². The Morgan fingerprint density at radius 1 is 0.875 bits per heavy atom. The SMILES string of the molecule is COC(=O)c1ccc(C(=O)[N+](=O)C(F)(F)C(F)(F)C(F)(F)C(F)(F)C(F)(F)C(F)F)n1C. The van der Waals surface area contributed by atoms with Gasteiger partial charge in [0.2, 0.25) is 0 Å². The van der Waals surface area contributed by atoms with Crippen molar-refractivity contribution in [3.05, 3.63) is 28.4 Å². The number of aromatic nitrogens is 1. The van der Waals surface area contributed by atoms with Crippen molar-refractivity contribution in [3.63, 3.8) is 0 Å². The molecule has 0 fully saturated rings. The highest BCUT2D eigenvalue weighted by Gasteiger charge is 2.93. The van der Waals surface area contributed by atoms with Gasteiger partial charge < -0.3 is 9.30 Å². The lowest BCUT2D eigenvalue weighted by Crippen LogP contribution is -2.70. The summed E-state index contributed by atoms with van der Waals surface area (Å²) < 4.78 is 159. The first kappa shape index (κ1) is 27.2. The van der Waals surface area contributed by atoms with Crippen LogP contribution in [-0.2, 0) is 11.8 Å². The number of halogens is 12. The van der Waals surface area contributed by atoms with Gasteiger partial charge in [-0.1, -0.05) is 0 Å². The molecule has 1 heterocycles. The fraction of sp³-hybridized carbons (Fsp3) is 0.571. The Morgan fingerprint density at radius 3 is 1.72 bits per heavy atom. The highest BCUT2D eigenvalue weighted by Crippen LogP contribution is 2.58. The summed E-state index contributed by atoms with van der Waals surface area (Å²) in [7, 11) is 1.50. The number of carbonyl (C=O) groups excluding carboxylic acids is 2. The minimum atomic E-state index is -7.97. The van der Waals surface area contributed by atoms with Crippen molar-refractivity contribution in [2.75, 3.05) is 7.11 Å². The Balaban J connectivity index is 3.50. The molecule has 0 saturated carbocycles. The van der Waals surface area contributed by atoms with Crippen molar-refractivity contribution >= 4 is 11.9 Å². The minimum absolute atomic E-state index is 0.283. The molecule has 0 bridgehead atoms. The van der Waals surface area contributed by atoms with Crippen LogP contribution < -0.4 is 0 Å². The standard InChI is InChI=1S/C14H9F12N2O4/c1-27-5(3-4-6(27)8(30)32-2)7(29)28(31)14(25,26)13(23,24)12(21,22)11(19,20)10(17,18)9(15)16/h3-4,9H,1-2H3/q+1. The average Bonchev–Trinajstić information content (AvgIpc) is 3.06. The lowest BCUT2D eigenvalue weighted by molar-refractivity contribution is -0.666. The summed E-state index contributed by atoms with van der Waals surface area (Å²) in [5, 5.41) is 0. The van der Waals surface area contributed by atoms with E-state index in [-0.39, 0.29) is 4.57 Å². The van der Waals surface area contributed by atoms with E-state index in [0.717, 1.165) is 7.11 Å². The molecule has 0 atom stereocenters. The lowest BCUT2D eigenvalue weighted by atomic mass is 9.97. The monoisotopic (exact) mass is 497 g/mol. The number of amides is 1. The largest absolute Gasteiger partial charge is 0.582 e. The van der Waals surface area contributed by atoms with Gasteiger partial charge in [-0.05, 0) is 12.1 Å². The number of carbonyl (C=O) groups is 2. The molecule has 0 radical (unpaired) electrons. The third kappa shape index (κ3) is 3.58. The summed E-state index contributed by atoms with van der Waals surface area (Å²) in [6, 6.07) is -6.19. The van der Waals surface area contributed by atoms with Crippen LogP contribution in [0.25, 0.3) is 0 Å². The Hall–Kier alpha value is -2.82. The molecule has 0 N–H and O–H groups in total. The zero-order valence-corrected chi connectivity index (χ0v) is 15.3. The van der Waals surface area contributed by atoms with Crippen molar-refractivity contribution in [2.24, 2.45) is 7.05 Å². The number of esters is 1. The van der Waals surface area contributed by atoms with Gasteiger partial charge in [-0.3, -0.25) is 0 Å². The highest BCUT2D eigenvalue weighted by molar-refractivity contribution is 5.92. The number of rotatable bonds is 8. The first-order chi connectivity index (χ1) is 14.1. The zero-order valence-electron chi connectivity index (χ0n) is 15.3. The molecule has 0 aliphatic rings. The van der Waals surface area contributed by atoms with E-state index in [1.165, 1.54) is 0 Å². The van der Waals surface area contributed by atoms with Crippen LogP contribution in [0.15, 0.2) is 12.1 Å². The molecular formula is C14H9F12N2O4+. The van der Waals surface area contributed by atoms with Crippen molar-refractivity contribution in [1.82, 2.24) is 4.57 Å². The Bertz CT molecular complexity index is 925. The first-order valence-corrected chi connectivity index (χ1v) is 7.57. The Morgan fingerprint density at radius 2 is 1.31 bits per heavy atom. The normalized spacial score (nSPS) is 14.0. The molecule has 182 valence electrons. The first-order valence-electron chi connectivity index (χ1n) is 7.57. The maximum Gasteiger partial charge on any atom is 0.582 e. The van der Waals surface area contributed by atoms with Crippen molar-refractivity contribution in [2.45, 2.75) is 36.2 Å². The average molecular weight is 497 g/mol. The molecule has 1 aromatic rings. The smallest absolute Gasteiger partial charge is 0.464 e. The molecule has 0 aliphatic heterocycles. The van der Waals surface area contributed by atoms with Crippen LogP contribution in [-0.4, -0.2) is 64.5 Å². The van der Waals surface area contributed by atoms with Gasteiger partial charge in [-0.25, -0.2) is 18.4 Å². The maximum absolute atomic E-state index is 13.8. The predicted molar refractivity (Wildman–Crippen MR) is 75.4 cm³/mol. The highest BCUT2D eigenvalue weighted by atomic mass is 19.4. The summed E-state index contributed by atoms with van der Waals surface area (Å²) in [6.07, 6.45) is -5.71. The van der Waals surface area contributed by atoms with Crippen molar-refractivity contribution in [3.8, 4) is 0 Å². The third-order valence-electron chi connectivity index (χ3n) is 4.03. The summed E-state index contributed by atoms with van der Waals surface area (Å²) in [4.78, 5) is 34.6. The second-order valence-corrected chi connectivity index (χ2v) is 5.94. The molecular weight excluding hydrogens is 488 g/mol. The van der Waals surface area contributed by atoms with Gasteiger partial charge in [0.25, 0.3) is 0 Å². The molecule has 1 amide bonds. The molecule has 0 aromatic carbocycles. The quantitative estimate of drug-likeness (QED) is 0.235. The van der Waals surface area contributed by atoms with Crippen molar-refractivity contribution < 1.29 is 71.8 Å². The van der Waals surface area contributed by atoms with Gasteiger partial charge in [0.15, 0.2) is 10.5 Å². The van der Waals surface area contributed by atoms with Gasteiger partial charge >= 0.3 is 48.0 Å². The number of nitrogens with zero attached hydrogens (tertiary/aromatic N) is 2. The number of nitroso groups, excluding NO2 is 1. The number of methoxy groups -OCH3 is 1. The van der Waals surface area contributed by atoms with Crippen LogP contribution >= 0.6 is 0 Å². The van der Waals surface area contributed by atoms with Crippen molar-refractivity contribution in [1.29, 1.82) is 0 Å². The van der Waals surface area contributed by atoms with Gasteiger partial charge in [0.05, 0.1) is 7.11 Å². The molecule has 32 heavy (non-hydrogen) atoms. The molecule has 0 spiro atoms. The number of hydrogen-bond donors (Lipinski definition) is 0. The molecule has 0 saturated heterocycles. The van der Waals surface area contributed by atoms with Crippen LogP contribution in [0.5, 0.6) is 0 Å². The van der Waals surface area contributed by atoms with E-state index in [0.29, 0.717) is 19.2 Å². The van der Waals surface area contributed by atoms with E-state index in [1.807, 2.05) is 0 Å². The summed E-state index contributed by atoms with van der Waals surface area (Å²) in [5.41, 5.74) is -2.02. The fourth-order valence-electron chi connectivity index (χ4n) is 2.13. The molecule has 18 heteroatoms. The maximum atomic E-state index is 13.8. The number of alkyl halides is 12. The van der Waals surface area contributed by atoms with Gasteiger partial charge in [0, 0.05) is 12.0 Å². The van der Waals surface area contributed by atoms with Crippen LogP contribution in [0.3, 0.4) is 0 Å². The summed E-state index contributed by atoms with van der Waals surface area (Å²) in [6.45, 7) is 0. The number of hydrogen-bond acceptors (Lipinski definition) is 4. The molecule has 0 unspecified atom stereocenters. The van der Waals surface area contributed by atoms with Gasteiger partial charge in [0.1, 0.15) is 5.69 Å². The fourth-order valence-corrected chi connectivity index (χ4v) is 2.13. The van der Waals surface area contributed by atoms with E-state index in [2.05, 4.69) is 4.74 Å². The third-order valence-corrected chi connectivity index (χ3v) is 4.03. The van der Waals surface area contributed by atoms with Gasteiger partial charge in [-0.15, -0.1) is 8.78 Å². The van der Waals surface area contributed by atoms with E-state index >= 15 is 0 Å². The zero-order chi connectivity index (χ0) is 25.7. The molecule has 0 aliphatic carbocycles. The van der Waals surface area contributed by atoms with Crippen LogP contribution in [0, 0.1) is 4.91 Å². The Labute approximate surface area is 168 Å².